The lowest BCUT2D eigenvalue weighted by Crippen LogP contribution is -2.20. The molecule has 0 aromatic heterocycles. The summed E-state index contributed by atoms with van der Waals surface area (Å²) < 4.78 is 41.5. The fraction of sp³-hybridized carbons (Fsp3) is 0.417. The summed E-state index contributed by atoms with van der Waals surface area (Å²) >= 11 is 0. The predicted octanol–water partition coefficient (Wildman–Crippen LogP) is 3.24. The first kappa shape index (κ1) is 14.0. The average molecular weight is 259 g/mol. The van der Waals surface area contributed by atoms with E-state index in [9.17, 15) is 13.0 Å². The SMILES string of the molecule is CC(=N[S@@](=O)C(C)(C)C)c1cc(F)ccc1F. The van der Waals surface area contributed by atoms with E-state index in [4.69, 9.17) is 0 Å². The molecule has 1 atom stereocenters. The quantitative estimate of drug-likeness (QED) is 0.750. The molecule has 0 N–H and O–H groups in total. The lowest BCUT2D eigenvalue weighted by Gasteiger charge is -2.14. The minimum atomic E-state index is -1.48. The van der Waals surface area contributed by atoms with Crippen LogP contribution in [0.25, 0.3) is 0 Å². The summed E-state index contributed by atoms with van der Waals surface area (Å²) in [7, 11) is -1.48. The van der Waals surface area contributed by atoms with Crippen LogP contribution in [0, 0.1) is 11.6 Å². The van der Waals surface area contributed by atoms with Crippen LogP contribution in [0.3, 0.4) is 0 Å². The number of hydrogen-bond donors (Lipinski definition) is 0. The minimum Gasteiger partial charge on any atom is -0.234 e. The van der Waals surface area contributed by atoms with Crippen LogP contribution in [-0.2, 0) is 11.0 Å². The van der Waals surface area contributed by atoms with E-state index in [1.807, 2.05) is 0 Å². The van der Waals surface area contributed by atoms with Gasteiger partial charge in [-0.3, -0.25) is 0 Å². The molecule has 0 aliphatic heterocycles. The van der Waals surface area contributed by atoms with Crippen molar-refractivity contribution in [2.24, 2.45) is 4.40 Å². The van der Waals surface area contributed by atoms with Gasteiger partial charge in [0, 0.05) is 5.56 Å². The van der Waals surface area contributed by atoms with Crippen molar-refractivity contribution < 1.29 is 13.0 Å². The smallest absolute Gasteiger partial charge is 0.145 e. The molecule has 0 unspecified atom stereocenters. The van der Waals surface area contributed by atoms with Crippen LogP contribution >= 0.6 is 0 Å². The second kappa shape index (κ2) is 5.04. The van der Waals surface area contributed by atoms with Crippen LogP contribution < -0.4 is 0 Å². The van der Waals surface area contributed by atoms with E-state index in [1.54, 1.807) is 20.8 Å². The van der Waals surface area contributed by atoms with Gasteiger partial charge in [0.15, 0.2) is 0 Å². The van der Waals surface area contributed by atoms with E-state index in [1.165, 1.54) is 6.92 Å². The molecule has 1 rings (SSSR count). The molecule has 0 spiro atoms. The highest BCUT2D eigenvalue weighted by Gasteiger charge is 2.19. The van der Waals surface area contributed by atoms with Gasteiger partial charge in [0.2, 0.25) is 0 Å². The largest absolute Gasteiger partial charge is 0.234 e. The Bertz CT molecular complexity index is 478. The number of rotatable bonds is 2. The predicted molar refractivity (Wildman–Crippen MR) is 66.5 cm³/mol. The molecule has 0 aliphatic rings. The van der Waals surface area contributed by atoms with Crippen molar-refractivity contribution in [1.82, 2.24) is 0 Å². The van der Waals surface area contributed by atoms with Crippen LogP contribution in [0.5, 0.6) is 0 Å². The monoisotopic (exact) mass is 259 g/mol. The molecule has 0 aliphatic carbocycles. The first-order valence-corrected chi connectivity index (χ1v) is 6.25. The van der Waals surface area contributed by atoms with Crippen molar-refractivity contribution in [3.63, 3.8) is 0 Å². The van der Waals surface area contributed by atoms with Crippen molar-refractivity contribution >= 4 is 16.7 Å². The van der Waals surface area contributed by atoms with Crippen LogP contribution in [-0.4, -0.2) is 14.7 Å². The Morgan fingerprint density at radius 3 is 2.41 bits per heavy atom. The van der Waals surface area contributed by atoms with E-state index in [0.29, 0.717) is 0 Å². The molecular formula is C12H15F2NOS. The number of hydrogen-bond acceptors (Lipinski definition) is 1. The molecular weight excluding hydrogens is 244 g/mol. The van der Waals surface area contributed by atoms with E-state index < -0.39 is 27.4 Å². The van der Waals surface area contributed by atoms with Crippen LogP contribution in [0.2, 0.25) is 0 Å². The van der Waals surface area contributed by atoms with Gasteiger partial charge in [0.25, 0.3) is 0 Å². The second-order valence-corrected chi connectivity index (χ2v) is 6.57. The Kier molecular flexibility index (Phi) is 4.14. The summed E-state index contributed by atoms with van der Waals surface area (Å²) in [4.78, 5) is 0. The molecule has 0 radical (unpaired) electrons. The number of halogens is 2. The van der Waals surface area contributed by atoms with Gasteiger partial charge in [-0.1, -0.05) is 0 Å². The van der Waals surface area contributed by atoms with Gasteiger partial charge in [-0.15, -0.1) is 0 Å². The summed E-state index contributed by atoms with van der Waals surface area (Å²) in [6, 6.07) is 3.12. The zero-order valence-corrected chi connectivity index (χ0v) is 11.1. The maximum atomic E-state index is 13.4. The Balaban J connectivity index is 3.12. The standard InChI is InChI=1S/C12H15F2NOS/c1-8(15-17(16)12(2,3)4)10-7-9(13)5-6-11(10)14/h5-7H,1-4H3/t17-/m0/s1. The molecule has 0 amide bonds. The van der Waals surface area contributed by atoms with E-state index in [0.717, 1.165) is 18.2 Å². The highest BCUT2D eigenvalue weighted by Crippen LogP contribution is 2.16. The van der Waals surface area contributed by atoms with Gasteiger partial charge < -0.3 is 0 Å². The van der Waals surface area contributed by atoms with Gasteiger partial charge in [-0.05, 0) is 45.9 Å². The Morgan fingerprint density at radius 1 is 1.29 bits per heavy atom. The summed E-state index contributed by atoms with van der Waals surface area (Å²) in [5.41, 5.74) is 0.276. The third kappa shape index (κ3) is 3.70. The van der Waals surface area contributed by atoms with E-state index in [2.05, 4.69) is 4.40 Å². The topological polar surface area (TPSA) is 29.4 Å². The van der Waals surface area contributed by atoms with Crippen LogP contribution in [0.15, 0.2) is 22.6 Å². The Hall–Kier alpha value is -1.10. The van der Waals surface area contributed by atoms with Crippen molar-refractivity contribution in [1.29, 1.82) is 0 Å². The Labute approximate surface area is 102 Å². The molecule has 0 saturated carbocycles. The van der Waals surface area contributed by atoms with Crippen molar-refractivity contribution in [3.05, 3.63) is 35.4 Å². The first-order valence-electron chi connectivity index (χ1n) is 5.14. The normalized spacial score (nSPS) is 14.8. The molecule has 5 heteroatoms. The molecule has 0 fully saturated rings. The van der Waals surface area contributed by atoms with E-state index >= 15 is 0 Å². The highest BCUT2D eigenvalue weighted by molar-refractivity contribution is 7.85. The highest BCUT2D eigenvalue weighted by atomic mass is 32.2. The number of benzene rings is 1. The minimum absolute atomic E-state index is 0.0441. The zero-order chi connectivity index (χ0) is 13.2. The molecule has 0 bridgehead atoms. The van der Waals surface area contributed by atoms with Gasteiger partial charge >= 0.3 is 0 Å². The molecule has 2 nitrogen and oxygen atoms in total. The van der Waals surface area contributed by atoms with Gasteiger partial charge in [-0.2, -0.15) is 4.40 Å². The van der Waals surface area contributed by atoms with Gasteiger partial charge in [-0.25, -0.2) is 13.0 Å². The van der Waals surface area contributed by atoms with Crippen molar-refractivity contribution in [2.75, 3.05) is 0 Å². The molecule has 17 heavy (non-hydrogen) atoms. The van der Waals surface area contributed by atoms with Crippen molar-refractivity contribution in [3.8, 4) is 0 Å². The lowest BCUT2D eigenvalue weighted by molar-refractivity contribution is 0.598. The zero-order valence-electron chi connectivity index (χ0n) is 10.3. The summed E-state index contributed by atoms with van der Waals surface area (Å²) in [6.45, 7) is 6.81. The first-order chi connectivity index (χ1) is 7.71. The van der Waals surface area contributed by atoms with Crippen LogP contribution in [0.4, 0.5) is 8.78 Å². The second-order valence-electron chi connectivity index (χ2n) is 4.66. The lowest BCUT2D eigenvalue weighted by atomic mass is 10.1. The number of nitrogens with zero attached hydrogens (tertiary/aromatic N) is 1. The summed E-state index contributed by atoms with van der Waals surface area (Å²) in [6.07, 6.45) is 0. The molecule has 1 aromatic rings. The Morgan fingerprint density at radius 2 is 1.88 bits per heavy atom. The van der Waals surface area contributed by atoms with Gasteiger partial charge in [0.05, 0.1) is 10.5 Å². The molecule has 1 aromatic carbocycles. The fourth-order valence-corrected chi connectivity index (χ4v) is 1.71. The van der Waals surface area contributed by atoms with Crippen LogP contribution in [0.1, 0.15) is 33.3 Å². The summed E-state index contributed by atoms with van der Waals surface area (Å²) in [5, 5.41) is 0. The maximum Gasteiger partial charge on any atom is 0.145 e. The molecule has 94 valence electrons. The third-order valence-corrected chi connectivity index (χ3v) is 3.55. The van der Waals surface area contributed by atoms with E-state index in [-0.39, 0.29) is 11.3 Å². The van der Waals surface area contributed by atoms with Crippen molar-refractivity contribution in [2.45, 2.75) is 32.4 Å². The van der Waals surface area contributed by atoms with Gasteiger partial charge in [0.1, 0.15) is 22.6 Å². The third-order valence-electron chi connectivity index (χ3n) is 2.06. The average Bonchev–Trinajstić information content (AvgIpc) is 2.20. The molecule has 0 saturated heterocycles. The maximum absolute atomic E-state index is 13.4. The summed E-state index contributed by atoms with van der Waals surface area (Å²) in [5.74, 6) is -1.11. The molecule has 0 heterocycles. The fourth-order valence-electron chi connectivity index (χ4n) is 1.09.